The predicted molar refractivity (Wildman–Crippen MR) is 138 cm³/mol. The van der Waals surface area contributed by atoms with E-state index in [0.717, 1.165) is 32.9 Å². The van der Waals surface area contributed by atoms with E-state index >= 15 is 0 Å². The van der Waals surface area contributed by atoms with Crippen LogP contribution in [0, 0.1) is 6.92 Å². The summed E-state index contributed by atoms with van der Waals surface area (Å²) in [5.41, 5.74) is 7.23. The van der Waals surface area contributed by atoms with E-state index in [4.69, 9.17) is 10.5 Å². The summed E-state index contributed by atoms with van der Waals surface area (Å²) in [5, 5.41) is 14.6. The number of fused-ring (bicyclic) bond motifs is 1. The molecule has 0 saturated heterocycles. The number of aromatic amines is 1. The number of anilines is 1. The fourth-order valence-electron chi connectivity index (χ4n) is 4.07. The maximum absolute atomic E-state index is 13.7. The zero-order valence-corrected chi connectivity index (χ0v) is 20.8. The zero-order valence-electron chi connectivity index (χ0n) is 20.8. The molecule has 5 rings (SSSR count). The monoisotopic (exact) mass is 535 g/mol. The summed E-state index contributed by atoms with van der Waals surface area (Å²) in [6, 6.07) is 16.0. The number of carbonyl (C=O) groups is 1. The molecular formula is C27H24F3N7O2. The van der Waals surface area contributed by atoms with Crippen molar-refractivity contribution < 1.29 is 22.7 Å². The molecule has 0 aliphatic carbocycles. The maximum atomic E-state index is 13.7. The van der Waals surface area contributed by atoms with Gasteiger partial charge in [0.1, 0.15) is 12.4 Å². The number of halogens is 3. The van der Waals surface area contributed by atoms with Crippen LogP contribution in [0.25, 0.3) is 10.8 Å². The molecule has 3 heterocycles. The standard InChI is InChI=1S/C27H24F3N7O2/c1-16-10-23(35-34-16)39-15-18-4-2-17(3-5-18)13-37-14-22(24(36-37)27(28,29)30)26(38)33-12-19-6-7-21-20(11-19)8-9-32-25(21)31/h2-11,14H,12-13,15H2,1H3,(H2,31,32)(H,33,38)(H,34,35). The molecule has 0 unspecified atom stereocenters. The highest BCUT2D eigenvalue weighted by molar-refractivity contribution is 5.95. The SMILES string of the molecule is Cc1cc(OCc2ccc(Cn3cc(C(=O)NCc4ccc5c(N)nccc5c4)c(C(F)(F)F)n3)cc2)n[nH]1. The van der Waals surface area contributed by atoms with Crippen LogP contribution in [0.15, 0.2) is 67.0 Å². The molecule has 3 aromatic heterocycles. The number of hydrogen-bond donors (Lipinski definition) is 3. The lowest BCUT2D eigenvalue weighted by Crippen LogP contribution is -2.25. The van der Waals surface area contributed by atoms with Crippen molar-refractivity contribution in [2.45, 2.75) is 32.8 Å². The van der Waals surface area contributed by atoms with Crippen LogP contribution in [0.2, 0.25) is 0 Å². The normalized spacial score (nSPS) is 11.6. The van der Waals surface area contributed by atoms with Crippen LogP contribution >= 0.6 is 0 Å². The third kappa shape index (κ3) is 6.00. The highest BCUT2D eigenvalue weighted by Crippen LogP contribution is 2.31. The molecule has 2 aromatic carbocycles. The second-order valence-corrected chi connectivity index (χ2v) is 9.02. The Bertz CT molecular complexity index is 1620. The molecule has 4 N–H and O–H groups in total. The zero-order chi connectivity index (χ0) is 27.6. The van der Waals surface area contributed by atoms with Gasteiger partial charge in [-0.25, -0.2) is 4.98 Å². The number of hydrogen-bond acceptors (Lipinski definition) is 6. The van der Waals surface area contributed by atoms with E-state index < -0.39 is 23.3 Å². The summed E-state index contributed by atoms with van der Waals surface area (Å²) in [4.78, 5) is 16.8. The highest BCUT2D eigenvalue weighted by atomic mass is 19.4. The smallest absolute Gasteiger partial charge is 0.435 e. The van der Waals surface area contributed by atoms with Gasteiger partial charge in [-0.2, -0.15) is 18.3 Å². The number of pyridine rings is 1. The fourth-order valence-corrected chi connectivity index (χ4v) is 4.07. The lowest BCUT2D eigenvalue weighted by atomic mass is 10.1. The number of benzene rings is 2. The third-order valence-corrected chi connectivity index (χ3v) is 6.02. The van der Waals surface area contributed by atoms with E-state index in [1.165, 1.54) is 0 Å². The Kier molecular flexibility index (Phi) is 6.92. The van der Waals surface area contributed by atoms with Crippen LogP contribution in [0.3, 0.4) is 0 Å². The van der Waals surface area contributed by atoms with Crippen molar-refractivity contribution in [2.75, 3.05) is 5.73 Å². The first-order valence-electron chi connectivity index (χ1n) is 11.9. The number of H-pyrrole nitrogens is 1. The summed E-state index contributed by atoms with van der Waals surface area (Å²) in [7, 11) is 0. The number of nitrogens with one attached hydrogen (secondary N) is 2. The van der Waals surface area contributed by atoms with Crippen molar-refractivity contribution in [3.63, 3.8) is 0 Å². The van der Waals surface area contributed by atoms with Gasteiger partial charge in [0.2, 0.25) is 5.88 Å². The van der Waals surface area contributed by atoms with Crippen LogP contribution in [-0.4, -0.2) is 30.9 Å². The van der Waals surface area contributed by atoms with Crippen LogP contribution in [0.1, 0.15) is 38.4 Å². The number of aromatic nitrogens is 5. The highest BCUT2D eigenvalue weighted by Gasteiger charge is 2.39. The first-order chi connectivity index (χ1) is 18.7. The number of ether oxygens (including phenoxy) is 1. The fraction of sp³-hybridized carbons (Fsp3) is 0.185. The Morgan fingerprint density at radius 2 is 1.82 bits per heavy atom. The van der Waals surface area contributed by atoms with E-state index in [9.17, 15) is 18.0 Å². The van der Waals surface area contributed by atoms with Gasteiger partial charge in [0, 0.05) is 36.1 Å². The van der Waals surface area contributed by atoms with Gasteiger partial charge in [0.05, 0.1) is 12.1 Å². The summed E-state index contributed by atoms with van der Waals surface area (Å²) in [6.45, 7) is 2.23. The molecule has 200 valence electrons. The van der Waals surface area contributed by atoms with Crippen LogP contribution in [-0.2, 0) is 25.9 Å². The molecule has 12 heteroatoms. The molecule has 0 atom stereocenters. The van der Waals surface area contributed by atoms with Gasteiger partial charge in [0.15, 0.2) is 5.69 Å². The molecule has 0 aliphatic rings. The van der Waals surface area contributed by atoms with Gasteiger partial charge < -0.3 is 15.8 Å². The number of alkyl halides is 3. The third-order valence-electron chi connectivity index (χ3n) is 6.02. The van der Waals surface area contributed by atoms with Gasteiger partial charge in [-0.1, -0.05) is 36.4 Å². The molecule has 0 aliphatic heterocycles. The van der Waals surface area contributed by atoms with E-state index in [1.807, 2.05) is 19.1 Å². The molecular weight excluding hydrogens is 511 g/mol. The maximum Gasteiger partial charge on any atom is 0.435 e. The quantitative estimate of drug-likeness (QED) is 0.266. The number of amides is 1. The van der Waals surface area contributed by atoms with Crippen molar-refractivity contribution in [2.24, 2.45) is 0 Å². The number of rotatable bonds is 8. The molecule has 1 amide bonds. The molecule has 0 radical (unpaired) electrons. The van der Waals surface area contributed by atoms with Crippen molar-refractivity contribution in [3.05, 3.63) is 101 Å². The van der Waals surface area contributed by atoms with Gasteiger partial charge in [-0.05, 0) is 41.1 Å². The minimum atomic E-state index is -4.79. The van der Waals surface area contributed by atoms with E-state index in [-0.39, 0.29) is 19.7 Å². The molecule has 9 nitrogen and oxygen atoms in total. The van der Waals surface area contributed by atoms with Gasteiger partial charge in [-0.3, -0.25) is 14.6 Å². The van der Waals surface area contributed by atoms with Crippen molar-refractivity contribution >= 4 is 22.5 Å². The van der Waals surface area contributed by atoms with Crippen molar-refractivity contribution in [3.8, 4) is 5.88 Å². The van der Waals surface area contributed by atoms with Crippen molar-refractivity contribution in [1.29, 1.82) is 0 Å². The average Bonchev–Trinajstić information content (AvgIpc) is 3.53. The second-order valence-electron chi connectivity index (χ2n) is 9.02. The molecule has 39 heavy (non-hydrogen) atoms. The number of carbonyl (C=O) groups excluding carboxylic acids is 1. The Morgan fingerprint density at radius 3 is 2.54 bits per heavy atom. The van der Waals surface area contributed by atoms with Crippen LogP contribution in [0.4, 0.5) is 19.0 Å². The summed E-state index contributed by atoms with van der Waals surface area (Å²) in [6.07, 6.45) is -2.12. The topological polar surface area (TPSA) is 124 Å². The first kappa shape index (κ1) is 25.8. The van der Waals surface area contributed by atoms with Gasteiger partial charge in [-0.15, -0.1) is 5.10 Å². The molecule has 0 saturated carbocycles. The lowest BCUT2D eigenvalue weighted by Gasteiger charge is -2.08. The molecule has 0 spiro atoms. The molecule has 0 fully saturated rings. The average molecular weight is 536 g/mol. The molecule has 5 aromatic rings. The summed E-state index contributed by atoms with van der Waals surface area (Å²) in [5.74, 6) is -0.0254. The Hall–Kier alpha value is -4.87. The number of nitrogen functional groups attached to an aromatic ring is 1. The summed E-state index contributed by atoms with van der Waals surface area (Å²) < 4.78 is 47.9. The van der Waals surface area contributed by atoms with Gasteiger partial charge in [0.25, 0.3) is 5.91 Å². The largest absolute Gasteiger partial charge is 0.472 e. The van der Waals surface area contributed by atoms with Crippen LogP contribution < -0.4 is 15.8 Å². The van der Waals surface area contributed by atoms with Gasteiger partial charge >= 0.3 is 6.18 Å². The first-order valence-corrected chi connectivity index (χ1v) is 11.9. The Labute approximate surface area is 220 Å². The predicted octanol–water partition coefficient (Wildman–Crippen LogP) is 4.62. The number of aryl methyl sites for hydroxylation is 1. The van der Waals surface area contributed by atoms with E-state index in [0.29, 0.717) is 22.8 Å². The summed E-state index contributed by atoms with van der Waals surface area (Å²) >= 11 is 0. The Balaban J connectivity index is 1.26. The minimum absolute atomic E-state index is 0.0286. The Morgan fingerprint density at radius 1 is 1.08 bits per heavy atom. The molecule has 0 bridgehead atoms. The van der Waals surface area contributed by atoms with E-state index in [2.05, 4.69) is 25.6 Å². The van der Waals surface area contributed by atoms with E-state index in [1.54, 1.807) is 48.7 Å². The van der Waals surface area contributed by atoms with Crippen LogP contribution in [0.5, 0.6) is 5.88 Å². The minimum Gasteiger partial charge on any atom is -0.472 e. The van der Waals surface area contributed by atoms with Crippen molar-refractivity contribution in [1.82, 2.24) is 30.3 Å². The lowest BCUT2D eigenvalue weighted by molar-refractivity contribution is -0.141. The number of nitrogens with two attached hydrogens (primary N) is 1. The number of nitrogens with zero attached hydrogens (tertiary/aromatic N) is 4. The second kappa shape index (κ2) is 10.5.